The molecule has 3 rings (SSSR count). The largest absolute Gasteiger partial charge is 0.383 e. The highest BCUT2D eigenvalue weighted by molar-refractivity contribution is 5.82. The molecule has 0 aromatic heterocycles. The van der Waals surface area contributed by atoms with E-state index in [2.05, 4.69) is 45.3 Å². The number of halogens is 1. The van der Waals surface area contributed by atoms with Gasteiger partial charge in [-0.05, 0) is 32.5 Å². The normalized spacial score (nSPS) is 22.5. The molecule has 0 aromatic carbocycles. The molecule has 0 spiro atoms. The summed E-state index contributed by atoms with van der Waals surface area (Å²) >= 11 is 0. The van der Waals surface area contributed by atoms with E-state index in [0.717, 1.165) is 32.7 Å². The van der Waals surface area contributed by atoms with Gasteiger partial charge in [-0.15, -0.1) is 0 Å². The Bertz CT molecular complexity index is 938. The standard InChI is InChI=1S/C28H47FN8O2/c1-6-21(19(4)13-30)16-35(8-3)20(5)25(27(31)33-7-2)28(38)34-24-15-32-14-23(29)26(24)37-11-9-36(10-12-37)22-17-39-18-22/h7,14,19-22,25,27,32-33H,2,6,8-12,15-18,31H2,1,3-5H3,(H,34,38). The topological polar surface area (TPSA) is 122 Å². The van der Waals surface area contributed by atoms with Crippen LogP contribution in [-0.4, -0.2) is 97.9 Å². The molecule has 5 atom stereocenters. The molecule has 3 aliphatic rings. The Balaban J connectivity index is 1.80. The van der Waals surface area contributed by atoms with Gasteiger partial charge in [-0.3, -0.25) is 14.6 Å². The van der Waals surface area contributed by atoms with Crippen LogP contribution in [0.25, 0.3) is 0 Å². The molecule has 11 heteroatoms. The van der Waals surface area contributed by atoms with Crippen LogP contribution >= 0.6 is 0 Å². The first-order valence-electron chi connectivity index (χ1n) is 14.2. The number of dihydropyridines is 1. The summed E-state index contributed by atoms with van der Waals surface area (Å²) in [6.45, 7) is 17.9. The van der Waals surface area contributed by atoms with Gasteiger partial charge in [0.15, 0.2) is 5.83 Å². The quantitative estimate of drug-likeness (QED) is 0.239. The van der Waals surface area contributed by atoms with Crippen molar-refractivity contribution in [2.45, 2.75) is 52.4 Å². The van der Waals surface area contributed by atoms with Gasteiger partial charge in [-0.25, -0.2) is 4.39 Å². The Labute approximate surface area is 233 Å². The van der Waals surface area contributed by atoms with Crippen molar-refractivity contribution < 1.29 is 13.9 Å². The fraction of sp³-hybridized carbons (Fsp3) is 0.714. The summed E-state index contributed by atoms with van der Waals surface area (Å²) in [6.07, 6.45) is 3.01. The Morgan fingerprint density at radius 1 is 1.36 bits per heavy atom. The van der Waals surface area contributed by atoms with Crippen LogP contribution in [0, 0.1) is 29.1 Å². The van der Waals surface area contributed by atoms with E-state index in [4.69, 9.17) is 10.5 Å². The van der Waals surface area contributed by atoms with Gasteiger partial charge in [0.05, 0.1) is 55.3 Å². The van der Waals surface area contributed by atoms with Crippen LogP contribution in [0.3, 0.4) is 0 Å². The lowest BCUT2D eigenvalue weighted by Crippen LogP contribution is -2.58. The molecule has 0 radical (unpaired) electrons. The van der Waals surface area contributed by atoms with Crippen molar-refractivity contribution in [3.8, 4) is 6.07 Å². The van der Waals surface area contributed by atoms with Crippen LogP contribution in [-0.2, 0) is 9.53 Å². The van der Waals surface area contributed by atoms with Crippen LogP contribution in [0.1, 0.15) is 34.1 Å². The molecule has 1 amide bonds. The first-order valence-corrected chi connectivity index (χ1v) is 14.2. The zero-order chi connectivity index (χ0) is 28.5. The zero-order valence-corrected chi connectivity index (χ0v) is 24.0. The molecule has 10 nitrogen and oxygen atoms in total. The van der Waals surface area contributed by atoms with Crippen LogP contribution < -0.4 is 21.7 Å². The summed E-state index contributed by atoms with van der Waals surface area (Å²) in [6, 6.07) is 2.57. The maximum Gasteiger partial charge on any atom is 0.232 e. The van der Waals surface area contributed by atoms with E-state index in [1.807, 2.05) is 25.7 Å². The Morgan fingerprint density at radius 2 is 2.05 bits per heavy atom. The van der Waals surface area contributed by atoms with E-state index in [1.165, 1.54) is 12.4 Å². The number of allylic oxidation sites excluding steroid dienone is 1. The lowest BCUT2D eigenvalue weighted by atomic mass is 9.89. The molecule has 0 bridgehead atoms. The minimum absolute atomic E-state index is 0.100. The van der Waals surface area contributed by atoms with E-state index in [9.17, 15) is 10.1 Å². The van der Waals surface area contributed by atoms with Crippen molar-refractivity contribution in [3.05, 3.63) is 36.2 Å². The summed E-state index contributed by atoms with van der Waals surface area (Å²) in [5.41, 5.74) is 7.42. The molecule has 218 valence electrons. The van der Waals surface area contributed by atoms with Gasteiger partial charge in [0.1, 0.15) is 0 Å². The number of hydrogen-bond donors (Lipinski definition) is 4. The predicted molar refractivity (Wildman–Crippen MR) is 150 cm³/mol. The van der Waals surface area contributed by atoms with Crippen molar-refractivity contribution in [1.82, 2.24) is 30.7 Å². The highest BCUT2D eigenvalue weighted by atomic mass is 19.1. The van der Waals surface area contributed by atoms with Crippen LogP contribution in [0.2, 0.25) is 0 Å². The number of ether oxygens (including phenoxy) is 1. The lowest BCUT2D eigenvalue weighted by molar-refractivity contribution is -0.127. The number of carbonyl (C=O) groups excluding carboxylic acids is 1. The maximum absolute atomic E-state index is 15.2. The number of hydrogen-bond acceptors (Lipinski definition) is 9. The van der Waals surface area contributed by atoms with E-state index in [-0.39, 0.29) is 29.6 Å². The Morgan fingerprint density at radius 3 is 2.59 bits per heavy atom. The SMILES string of the molecule is C=CNC(N)C(C(=O)NC1=C(N2CCN(C3COC3)CC2)C(F)=CNC1)C(C)N(CC)CC(CC)C(C)C#N. The van der Waals surface area contributed by atoms with Crippen molar-refractivity contribution in [2.24, 2.45) is 23.5 Å². The van der Waals surface area contributed by atoms with Gasteiger partial charge in [0.2, 0.25) is 5.91 Å². The molecule has 0 aromatic rings. The zero-order valence-electron chi connectivity index (χ0n) is 24.0. The maximum atomic E-state index is 15.2. The van der Waals surface area contributed by atoms with Crippen molar-refractivity contribution in [3.63, 3.8) is 0 Å². The Hall–Kier alpha value is -2.65. The van der Waals surface area contributed by atoms with Gasteiger partial charge in [0, 0.05) is 50.9 Å². The first kappa shape index (κ1) is 30.9. The highest BCUT2D eigenvalue weighted by Crippen LogP contribution is 2.26. The van der Waals surface area contributed by atoms with E-state index >= 15 is 4.39 Å². The molecule has 2 saturated heterocycles. The van der Waals surface area contributed by atoms with Gasteiger partial charge >= 0.3 is 0 Å². The fourth-order valence-electron chi connectivity index (χ4n) is 5.74. The number of amides is 1. The number of nitrogens with two attached hydrogens (primary N) is 1. The van der Waals surface area contributed by atoms with Gasteiger partial charge in [-0.2, -0.15) is 5.26 Å². The summed E-state index contributed by atoms with van der Waals surface area (Å²) in [7, 11) is 0. The third-order valence-electron chi connectivity index (χ3n) is 8.47. The highest BCUT2D eigenvalue weighted by Gasteiger charge is 2.37. The molecule has 2 fully saturated rings. The average molecular weight is 547 g/mol. The third-order valence-corrected chi connectivity index (χ3v) is 8.47. The molecular weight excluding hydrogens is 499 g/mol. The molecule has 39 heavy (non-hydrogen) atoms. The van der Waals surface area contributed by atoms with Crippen LogP contribution in [0.4, 0.5) is 4.39 Å². The Kier molecular flexibility index (Phi) is 11.6. The number of piperazine rings is 1. The molecule has 0 aliphatic carbocycles. The first-order chi connectivity index (χ1) is 18.7. The molecule has 3 aliphatic heterocycles. The van der Waals surface area contributed by atoms with Crippen LogP contribution in [0.15, 0.2) is 36.2 Å². The van der Waals surface area contributed by atoms with Crippen molar-refractivity contribution in [2.75, 3.05) is 59.0 Å². The fourth-order valence-corrected chi connectivity index (χ4v) is 5.74. The van der Waals surface area contributed by atoms with Gasteiger partial charge < -0.3 is 31.3 Å². The minimum atomic E-state index is -0.700. The summed E-state index contributed by atoms with van der Waals surface area (Å²) in [4.78, 5) is 20.5. The summed E-state index contributed by atoms with van der Waals surface area (Å²) in [5.74, 6) is -1.25. The monoisotopic (exact) mass is 546 g/mol. The number of nitriles is 1. The average Bonchev–Trinajstić information content (AvgIpc) is 2.89. The second kappa shape index (κ2) is 14.7. The van der Waals surface area contributed by atoms with E-state index in [1.54, 1.807) is 0 Å². The number of rotatable bonds is 14. The van der Waals surface area contributed by atoms with Crippen molar-refractivity contribution >= 4 is 5.91 Å². The molecule has 0 saturated carbocycles. The smallest absolute Gasteiger partial charge is 0.232 e. The van der Waals surface area contributed by atoms with E-state index in [0.29, 0.717) is 50.2 Å². The number of nitrogens with zero attached hydrogens (tertiary/aromatic N) is 4. The third kappa shape index (κ3) is 7.51. The van der Waals surface area contributed by atoms with Crippen molar-refractivity contribution in [1.29, 1.82) is 5.26 Å². The minimum Gasteiger partial charge on any atom is -0.383 e. The van der Waals surface area contributed by atoms with Crippen LogP contribution in [0.5, 0.6) is 0 Å². The second-order valence-corrected chi connectivity index (χ2v) is 10.7. The molecular formula is C28H47FN8O2. The van der Waals surface area contributed by atoms with Gasteiger partial charge in [-0.1, -0.05) is 26.8 Å². The molecule has 5 unspecified atom stereocenters. The van der Waals surface area contributed by atoms with E-state index < -0.39 is 12.1 Å². The lowest BCUT2D eigenvalue weighted by Gasteiger charge is -2.44. The van der Waals surface area contributed by atoms with Gasteiger partial charge in [0.25, 0.3) is 0 Å². The summed E-state index contributed by atoms with van der Waals surface area (Å²) in [5, 5.41) is 18.5. The second-order valence-electron chi connectivity index (χ2n) is 10.7. The summed E-state index contributed by atoms with van der Waals surface area (Å²) < 4.78 is 20.5. The molecule has 3 heterocycles. The number of nitrogens with one attached hydrogen (secondary N) is 3. The molecule has 5 N–H and O–H groups in total. The predicted octanol–water partition coefficient (Wildman–Crippen LogP) is 1.28. The number of carbonyl (C=O) groups is 1.